The first-order valence-corrected chi connectivity index (χ1v) is 10.1. The molecular weight excluding hydrogens is 362 g/mol. The summed E-state index contributed by atoms with van der Waals surface area (Å²) in [6.45, 7) is 0.290. The normalized spacial score (nSPS) is 11.6. The molecule has 6 nitrogen and oxygen atoms in total. The predicted octanol–water partition coefficient (Wildman–Crippen LogP) is 3.20. The summed E-state index contributed by atoms with van der Waals surface area (Å²) in [5, 5.41) is 9.82. The first kappa shape index (κ1) is 19.0. The number of aromatic nitrogens is 1. The summed E-state index contributed by atoms with van der Waals surface area (Å²) >= 11 is 0. The van der Waals surface area contributed by atoms with E-state index in [0.29, 0.717) is 12.1 Å². The fourth-order valence-electron chi connectivity index (χ4n) is 2.95. The molecule has 0 radical (unpaired) electrons. The summed E-state index contributed by atoms with van der Waals surface area (Å²) < 4.78 is 32.0. The third-order valence-corrected chi connectivity index (χ3v) is 6.27. The summed E-state index contributed by atoms with van der Waals surface area (Å²) in [5.74, 6) is 0.643. The maximum atomic E-state index is 12.8. The molecule has 140 valence electrons. The Hall–Kier alpha value is -2.82. The summed E-state index contributed by atoms with van der Waals surface area (Å²) in [7, 11) is -0.306. The Morgan fingerprint density at radius 2 is 1.85 bits per heavy atom. The number of ether oxygens (including phenoxy) is 1. The molecule has 0 aliphatic carbocycles. The zero-order chi connectivity index (χ0) is 19.4. The number of H-pyrrole nitrogens is 1. The average Bonchev–Trinajstić information content (AvgIpc) is 3.04. The van der Waals surface area contributed by atoms with Gasteiger partial charge < -0.3 is 9.72 Å². The van der Waals surface area contributed by atoms with E-state index in [0.717, 1.165) is 27.8 Å². The second-order valence-electron chi connectivity index (χ2n) is 6.39. The first-order chi connectivity index (χ1) is 12.9. The van der Waals surface area contributed by atoms with E-state index in [1.807, 2.05) is 36.4 Å². The van der Waals surface area contributed by atoms with Gasteiger partial charge in [-0.05, 0) is 41.0 Å². The molecule has 7 heteroatoms. The molecule has 27 heavy (non-hydrogen) atoms. The van der Waals surface area contributed by atoms with Crippen molar-refractivity contribution in [3.63, 3.8) is 0 Å². The van der Waals surface area contributed by atoms with E-state index in [2.05, 4.69) is 11.1 Å². The lowest BCUT2D eigenvalue weighted by atomic mass is 10.1. The minimum atomic E-state index is -3.48. The van der Waals surface area contributed by atoms with E-state index in [9.17, 15) is 8.42 Å². The molecule has 0 bridgehead atoms. The van der Waals surface area contributed by atoms with E-state index in [4.69, 9.17) is 10.00 Å². The number of hydrogen-bond donors (Lipinski definition) is 1. The maximum Gasteiger partial charge on any atom is 0.218 e. The van der Waals surface area contributed by atoms with Crippen LogP contribution >= 0.6 is 0 Å². The van der Waals surface area contributed by atoms with Crippen LogP contribution in [0.15, 0.2) is 48.7 Å². The number of fused-ring (bicyclic) bond motifs is 1. The van der Waals surface area contributed by atoms with Crippen LogP contribution in [0.2, 0.25) is 0 Å². The fraction of sp³-hybridized carbons (Fsp3) is 0.250. The molecule has 3 aromatic rings. The highest BCUT2D eigenvalue weighted by Crippen LogP contribution is 2.22. The van der Waals surface area contributed by atoms with Gasteiger partial charge in [-0.1, -0.05) is 18.2 Å². The molecule has 0 aliphatic rings. The summed E-state index contributed by atoms with van der Waals surface area (Å²) in [4.78, 5) is 3.11. The minimum absolute atomic E-state index is 0.0905. The lowest BCUT2D eigenvalue weighted by molar-refractivity contribution is 0.414. The molecule has 1 heterocycles. The molecular formula is C20H21N3O3S. The van der Waals surface area contributed by atoms with Crippen LogP contribution in [0, 0.1) is 11.3 Å². The van der Waals surface area contributed by atoms with Crippen molar-refractivity contribution < 1.29 is 13.2 Å². The highest BCUT2D eigenvalue weighted by Gasteiger charge is 2.19. The minimum Gasteiger partial charge on any atom is -0.497 e. The molecule has 0 amide bonds. The number of nitrogens with one attached hydrogen (secondary N) is 1. The highest BCUT2D eigenvalue weighted by molar-refractivity contribution is 7.88. The molecule has 0 fully saturated rings. The van der Waals surface area contributed by atoms with Crippen molar-refractivity contribution in [1.29, 1.82) is 5.26 Å². The monoisotopic (exact) mass is 383 g/mol. The van der Waals surface area contributed by atoms with E-state index in [1.165, 1.54) is 4.31 Å². The van der Waals surface area contributed by atoms with Gasteiger partial charge in [0.15, 0.2) is 0 Å². The molecule has 0 unspecified atom stereocenters. The maximum absolute atomic E-state index is 12.8. The SMILES string of the molecule is COc1ccc(CN(C)S(=O)(=O)Cc2ccc3[nH]cc(CC#N)c3c2)cc1. The zero-order valence-corrected chi connectivity index (χ0v) is 16.1. The van der Waals surface area contributed by atoms with Crippen LogP contribution in [-0.2, 0) is 28.7 Å². The van der Waals surface area contributed by atoms with Crippen molar-refractivity contribution in [3.8, 4) is 11.8 Å². The average molecular weight is 383 g/mol. The molecule has 0 atom stereocenters. The Balaban J connectivity index is 1.77. The van der Waals surface area contributed by atoms with Gasteiger partial charge in [-0.25, -0.2) is 12.7 Å². The van der Waals surface area contributed by atoms with Crippen molar-refractivity contribution in [2.24, 2.45) is 0 Å². The van der Waals surface area contributed by atoms with Crippen molar-refractivity contribution in [2.45, 2.75) is 18.7 Å². The molecule has 0 spiro atoms. The van der Waals surface area contributed by atoms with E-state index < -0.39 is 10.0 Å². The van der Waals surface area contributed by atoms with Gasteiger partial charge in [0.25, 0.3) is 0 Å². The van der Waals surface area contributed by atoms with E-state index >= 15 is 0 Å². The Morgan fingerprint density at radius 1 is 1.15 bits per heavy atom. The number of rotatable bonds is 7. The van der Waals surface area contributed by atoms with Crippen LogP contribution in [0.5, 0.6) is 5.75 Å². The second kappa shape index (κ2) is 7.82. The van der Waals surface area contributed by atoms with Gasteiger partial charge in [-0.2, -0.15) is 5.26 Å². The molecule has 2 aromatic carbocycles. The molecule has 0 saturated carbocycles. The summed E-state index contributed by atoms with van der Waals surface area (Å²) in [5.41, 5.74) is 3.36. The first-order valence-electron chi connectivity index (χ1n) is 8.45. The zero-order valence-electron chi connectivity index (χ0n) is 15.3. The number of nitriles is 1. The fourth-order valence-corrected chi connectivity index (χ4v) is 4.12. The van der Waals surface area contributed by atoms with Gasteiger partial charge in [0.2, 0.25) is 10.0 Å². The number of nitrogens with zero attached hydrogens (tertiary/aromatic N) is 2. The Labute approximate surface area is 159 Å². The topological polar surface area (TPSA) is 86.2 Å². The van der Waals surface area contributed by atoms with Crippen LogP contribution < -0.4 is 4.74 Å². The van der Waals surface area contributed by atoms with Gasteiger partial charge >= 0.3 is 0 Å². The second-order valence-corrected chi connectivity index (χ2v) is 8.46. The van der Waals surface area contributed by atoms with Crippen LogP contribution in [0.25, 0.3) is 10.9 Å². The van der Waals surface area contributed by atoms with Crippen molar-refractivity contribution in [2.75, 3.05) is 14.2 Å². The molecule has 0 aliphatic heterocycles. The Kier molecular flexibility index (Phi) is 5.49. The Bertz CT molecular complexity index is 1080. The lowest BCUT2D eigenvalue weighted by Crippen LogP contribution is -2.27. The van der Waals surface area contributed by atoms with Crippen LogP contribution in [0.1, 0.15) is 16.7 Å². The van der Waals surface area contributed by atoms with E-state index in [1.54, 1.807) is 26.4 Å². The third-order valence-electron chi connectivity index (χ3n) is 4.49. The number of benzene rings is 2. The molecule has 1 N–H and O–H groups in total. The van der Waals surface area contributed by atoms with Gasteiger partial charge in [-0.3, -0.25) is 0 Å². The third kappa shape index (κ3) is 4.30. The highest BCUT2D eigenvalue weighted by atomic mass is 32.2. The summed E-state index contributed by atoms with van der Waals surface area (Å²) in [6.07, 6.45) is 2.08. The van der Waals surface area contributed by atoms with Crippen molar-refractivity contribution in [3.05, 3.63) is 65.4 Å². The number of methoxy groups -OCH3 is 1. The quantitative estimate of drug-likeness (QED) is 0.679. The predicted molar refractivity (Wildman–Crippen MR) is 105 cm³/mol. The Morgan fingerprint density at radius 3 is 2.52 bits per heavy atom. The molecule has 3 rings (SSSR count). The summed E-state index contributed by atoms with van der Waals surface area (Å²) in [6, 6.07) is 15.0. The van der Waals surface area contributed by atoms with E-state index in [-0.39, 0.29) is 12.2 Å². The lowest BCUT2D eigenvalue weighted by Gasteiger charge is -2.17. The van der Waals surface area contributed by atoms with Crippen LogP contribution in [0.3, 0.4) is 0 Å². The van der Waals surface area contributed by atoms with Crippen molar-refractivity contribution in [1.82, 2.24) is 9.29 Å². The largest absolute Gasteiger partial charge is 0.497 e. The van der Waals surface area contributed by atoms with Gasteiger partial charge in [0.05, 0.1) is 25.4 Å². The van der Waals surface area contributed by atoms with Gasteiger partial charge in [0.1, 0.15) is 5.75 Å². The van der Waals surface area contributed by atoms with Gasteiger partial charge in [0, 0.05) is 30.7 Å². The number of sulfonamides is 1. The van der Waals surface area contributed by atoms with Crippen molar-refractivity contribution >= 4 is 20.9 Å². The number of hydrogen-bond acceptors (Lipinski definition) is 4. The van der Waals surface area contributed by atoms with Crippen LogP contribution in [-0.4, -0.2) is 31.9 Å². The van der Waals surface area contributed by atoms with Crippen LogP contribution in [0.4, 0.5) is 0 Å². The van der Waals surface area contributed by atoms with Gasteiger partial charge in [-0.15, -0.1) is 0 Å². The number of aromatic amines is 1. The standard InChI is InChI=1S/C20H21N3O3S/c1-23(13-15-3-6-18(26-2)7-4-15)27(24,25)14-16-5-8-20-19(11-16)17(9-10-21)12-22-20/h3-8,11-12,22H,9,13-14H2,1-2H3. The smallest absolute Gasteiger partial charge is 0.218 e. The molecule has 1 aromatic heterocycles. The molecule has 0 saturated heterocycles.